The summed E-state index contributed by atoms with van der Waals surface area (Å²) in [6.07, 6.45) is 1.49. The van der Waals surface area contributed by atoms with Gasteiger partial charge < -0.3 is 10.5 Å². The van der Waals surface area contributed by atoms with Gasteiger partial charge in [-0.3, -0.25) is 0 Å². The first-order valence-electron chi connectivity index (χ1n) is 5.51. The number of aryl methyl sites for hydroxylation is 1. The highest BCUT2D eigenvalue weighted by molar-refractivity contribution is 6.31. The minimum absolute atomic E-state index is 0.372. The molecule has 0 aliphatic heterocycles. The molecular weight excluding hydrogens is 250 g/mol. The van der Waals surface area contributed by atoms with E-state index in [1.165, 1.54) is 6.33 Å². The molecule has 1 heterocycles. The average molecular weight is 264 g/mol. The van der Waals surface area contributed by atoms with E-state index in [0.717, 1.165) is 28.3 Å². The molecule has 0 bridgehead atoms. The number of halogens is 1. The van der Waals surface area contributed by atoms with Gasteiger partial charge in [-0.05, 0) is 30.7 Å². The SMILES string of the molecule is COc1c(C)cc(Cl)cc1-c1cc(CN)ncn1. The second-order valence-corrected chi connectivity index (χ2v) is 4.34. The molecule has 0 spiro atoms. The van der Waals surface area contributed by atoms with E-state index in [-0.39, 0.29) is 0 Å². The van der Waals surface area contributed by atoms with Gasteiger partial charge in [-0.25, -0.2) is 9.97 Å². The van der Waals surface area contributed by atoms with Crippen LogP contribution in [0.15, 0.2) is 24.5 Å². The maximum Gasteiger partial charge on any atom is 0.131 e. The first kappa shape index (κ1) is 12.8. The minimum atomic E-state index is 0.372. The largest absolute Gasteiger partial charge is 0.496 e. The van der Waals surface area contributed by atoms with Crippen molar-refractivity contribution in [2.75, 3.05) is 7.11 Å². The number of methoxy groups -OCH3 is 1. The van der Waals surface area contributed by atoms with Gasteiger partial charge in [0.2, 0.25) is 0 Å². The Morgan fingerprint density at radius 1 is 1.28 bits per heavy atom. The van der Waals surface area contributed by atoms with Crippen molar-refractivity contribution in [3.8, 4) is 17.0 Å². The lowest BCUT2D eigenvalue weighted by Crippen LogP contribution is -2.01. The summed E-state index contributed by atoms with van der Waals surface area (Å²) >= 11 is 6.08. The highest BCUT2D eigenvalue weighted by Gasteiger charge is 2.12. The summed E-state index contributed by atoms with van der Waals surface area (Å²) in [4.78, 5) is 8.32. The molecule has 0 saturated heterocycles. The molecular formula is C13H14ClN3O. The maximum atomic E-state index is 6.08. The average Bonchev–Trinajstić information content (AvgIpc) is 2.38. The van der Waals surface area contributed by atoms with Gasteiger partial charge in [-0.2, -0.15) is 0 Å². The van der Waals surface area contributed by atoms with Crippen molar-refractivity contribution >= 4 is 11.6 Å². The molecule has 18 heavy (non-hydrogen) atoms. The summed E-state index contributed by atoms with van der Waals surface area (Å²) in [5, 5.41) is 0.649. The number of ether oxygens (including phenoxy) is 1. The summed E-state index contributed by atoms with van der Waals surface area (Å²) in [5.74, 6) is 0.765. The van der Waals surface area contributed by atoms with Crippen molar-refractivity contribution in [1.29, 1.82) is 0 Å². The van der Waals surface area contributed by atoms with Gasteiger partial charge >= 0.3 is 0 Å². The monoisotopic (exact) mass is 263 g/mol. The Kier molecular flexibility index (Phi) is 3.79. The molecule has 0 aliphatic rings. The van der Waals surface area contributed by atoms with Gasteiger partial charge in [-0.15, -0.1) is 0 Å². The molecule has 2 rings (SSSR count). The summed E-state index contributed by atoms with van der Waals surface area (Å²) in [6.45, 7) is 2.32. The van der Waals surface area contributed by atoms with Gasteiger partial charge in [0.25, 0.3) is 0 Å². The Bertz CT molecular complexity index is 572. The van der Waals surface area contributed by atoms with E-state index in [0.29, 0.717) is 11.6 Å². The van der Waals surface area contributed by atoms with E-state index in [1.54, 1.807) is 7.11 Å². The van der Waals surface area contributed by atoms with E-state index in [1.807, 2.05) is 25.1 Å². The number of hydrogen-bond acceptors (Lipinski definition) is 4. The minimum Gasteiger partial charge on any atom is -0.496 e. The highest BCUT2D eigenvalue weighted by Crippen LogP contribution is 2.34. The summed E-state index contributed by atoms with van der Waals surface area (Å²) in [6, 6.07) is 5.53. The van der Waals surface area contributed by atoms with Crippen LogP contribution in [0.1, 0.15) is 11.3 Å². The van der Waals surface area contributed by atoms with Crippen LogP contribution in [0.4, 0.5) is 0 Å². The van der Waals surface area contributed by atoms with Crippen LogP contribution in [0.2, 0.25) is 5.02 Å². The van der Waals surface area contributed by atoms with Crippen molar-refractivity contribution in [2.45, 2.75) is 13.5 Å². The van der Waals surface area contributed by atoms with Crippen molar-refractivity contribution in [3.63, 3.8) is 0 Å². The zero-order chi connectivity index (χ0) is 13.1. The maximum absolute atomic E-state index is 6.08. The summed E-state index contributed by atoms with van der Waals surface area (Å²) < 4.78 is 5.41. The smallest absolute Gasteiger partial charge is 0.131 e. The lowest BCUT2D eigenvalue weighted by Gasteiger charge is -2.12. The molecule has 5 heteroatoms. The van der Waals surface area contributed by atoms with Crippen LogP contribution in [0, 0.1) is 6.92 Å². The first-order chi connectivity index (χ1) is 8.65. The zero-order valence-electron chi connectivity index (χ0n) is 10.3. The molecule has 4 nitrogen and oxygen atoms in total. The number of nitrogens with zero attached hydrogens (tertiary/aromatic N) is 2. The van der Waals surface area contributed by atoms with E-state index in [4.69, 9.17) is 22.1 Å². The van der Waals surface area contributed by atoms with E-state index >= 15 is 0 Å². The molecule has 0 saturated carbocycles. The summed E-state index contributed by atoms with van der Waals surface area (Å²) in [5.41, 5.74) is 8.93. The molecule has 0 aliphatic carbocycles. The van der Waals surface area contributed by atoms with Crippen LogP contribution < -0.4 is 10.5 Å². The zero-order valence-corrected chi connectivity index (χ0v) is 11.0. The number of benzene rings is 1. The highest BCUT2D eigenvalue weighted by atomic mass is 35.5. The topological polar surface area (TPSA) is 61.0 Å². The fraction of sp³-hybridized carbons (Fsp3) is 0.231. The fourth-order valence-corrected chi connectivity index (χ4v) is 2.12. The van der Waals surface area contributed by atoms with Crippen LogP contribution >= 0.6 is 11.6 Å². The number of nitrogens with two attached hydrogens (primary N) is 1. The molecule has 0 fully saturated rings. The Morgan fingerprint density at radius 3 is 2.72 bits per heavy atom. The van der Waals surface area contributed by atoms with Crippen LogP contribution in [0.3, 0.4) is 0 Å². The predicted molar refractivity (Wildman–Crippen MR) is 71.7 cm³/mol. The second kappa shape index (κ2) is 5.33. The summed E-state index contributed by atoms with van der Waals surface area (Å²) in [7, 11) is 1.63. The number of hydrogen-bond donors (Lipinski definition) is 1. The Balaban J connectivity index is 2.61. The molecule has 0 atom stereocenters. The number of rotatable bonds is 3. The molecule has 0 amide bonds. The van der Waals surface area contributed by atoms with Crippen molar-refractivity contribution in [2.24, 2.45) is 5.73 Å². The lowest BCUT2D eigenvalue weighted by molar-refractivity contribution is 0.413. The van der Waals surface area contributed by atoms with E-state index in [9.17, 15) is 0 Å². The Morgan fingerprint density at radius 2 is 2.06 bits per heavy atom. The molecule has 1 aromatic heterocycles. The third-order valence-electron chi connectivity index (χ3n) is 2.65. The van der Waals surface area contributed by atoms with E-state index in [2.05, 4.69) is 9.97 Å². The molecule has 1 aromatic carbocycles. The fourth-order valence-electron chi connectivity index (χ4n) is 1.85. The lowest BCUT2D eigenvalue weighted by atomic mass is 10.1. The standard InChI is InChI=1S/C13H14ClN3O/c1-8-3-9(14)4-11(13(8)18-2)12-5-10(6-15)16-7-17-12/h3-5,7H,6,15H2,1-2H3. The third kappa shape index (κ3) is 2.44. The van der Waals surface area contributed by atoms with Crippen LogP contribution in [-0.4, -0.2) is 17.1 Å². The van der Waals surface area contributed by atoms with Gasteiger partial charge in [0, 0.05) is 17.1 Å². The van der Waals surface area contributed by atoms with Gasteiger partial charge in [0.05, 0.1) is 18.5 Å². The molecule has 0 radical (unpaired) electrons. The van der Waals surface area contributed by atoms with Gasteiger partial charge in [0.15, 0.2) is 0 Å². The Hall–Kier alpha value is -1.65. The van der Waals surface area contributed by atoms with E-state index < -0.39 is 0 Å². The van der Waals surface area contributed by atoms with Crippen LogP contribution in [0.25, 0.3) is 11.3 Å². The van der Waals surface area contributed by atoms with Crippen molar-refractivity contribution < 1.29 is 4.74 Å². The third-order valence-corrected chi connectivity index (χ3v) is 2.87. The molecule has 2 N–H and O–H groups in total. The van der Waals surface area contributed by atoms with Crippen molar-refractivity contribution in [1.82, 2.24) is 9.97 Å². The first-order valence-corrected chi connectivity index (χ1v) is 5.89. The molecule has 2 aromatic rings. The molecule has 94 valence electrons. The predicted octanol–water partition coefficient (Wildman–Crippen LogP) is 2.57. The molecule has 0 unspecified atom stereocenters. The van der Waals surface area contributed by atoms with Gasteiger partial charge in [-0.1, -0.05) is 11.6 Å². The van der Waals surface area contributed by atoms with Crippen LogP contribution in [-0.2, 0) is 6.54 Å². The quantitative estimate of drug-likeness (QED) is 0.925. The van der Waals surface area contributed by atoms with Crippen LogP contribution in [0.5, 0.6) is 5.75 Å². The van der Waals surface area contributed by atoms with Crippen molar-refractivity contribution in [3.05, 3.63) is 40.8 Å². The Labute approximate surface area is 111 Å². The van der Waals surface area contributed by atoms with Gasteiger partial charge in [0.1, 0.15) is 12.1 Å². The second-order valence-electron chi connectivity index (χ2n) is 3.90. The number of aromatic nitrogens is 2. The normalized spacial score (nSPS) is 10.4.